The Labute approximate surface area is 199 Å². The molecule has 3 nitrogen and oxygen atoms in total. The van der Waals surface area contributed by atoms with E-state index in [1.807, 2.05) is 24.3 Å². The lowest BCUT2D eigenvalue weighted by Crippen LogP contribution is -2.38. The van der Waals surface area contributed by atoms with Crippen molar-refractivity contribution >= 4 is 6.29 Å². The number of carbonyl (C=O) groups is 1. The molecule has 0 aliphatic heterocycles. The highest BCUT2D eigenvalue weighted by Gasteiger charge is 2.22. The van der Waals surface area contributed by atoms with E-state index in [0.29, 0.717) is 24.3 Å². The molecule has 0 saturated heterocycles. The second-order valence-electron chi connectivity index (χ2n) is 9.37. The van der Waals surface area contributed by atoms with Crippen molar-refractivity contribution in [1.82, 2.24) is 4.90 Å². The van der Waals surface area contributed by atoms with E-state index in [0.717, 1.165) is 36.1 Å². The van der Waals surface area contributed by atoms with E-state index in [2.05, 4.69) is 88.0 Å². The topological polar surface area (TPSA) is 29.5 Å². The van der Waals surface area contributed by atoms with Crippen molar-refractivity contribution in [2.75, 3.05) is 6.54 Å². The Balaban J connectivity index is 1.95. The number of aldehydes is 1. The molecule has 0 fully saturated rings. The minimum absolute atomic E-state index is 0.138. The number of rotatable bonds is 11. The van der Waals surface area contributed by atoms with Crippen LogP contribution in [0.2, 0.25) is 0 Å². The highest BCUT2D eigenvalue weighted by Crippen LogP contribution is 2.36. The molecule has 0 aromatic heterocycles. The van der Waals surface area contributed by atoms with Crippen LogP contribution in [0.5, 0.6) is 5.75 Å². The molecule has 1 atom stereocenters. The van der Waals surface area contributed by atoms with Gasteiger partial charge in [-0.1, -0.05) is 60.2 Å². The first-order valence-electron chi connectivity index (χ1n) is 12.0. The number of ether oxygens (including phenoxy) is 1. The van der Waals surface area contributed by atoms with Crippen molar-refractivity contribution in [3.05, 3.63) is 101 Å². The van der Waals surface area contributed by atoms with Crippen LogP contribution in [0.25, 0.3) is 0 Å². The maximum Gasteiger partial charge on any atom is 0.150 e. The van der Waals surface area contributed by atoms with Crippen LogP contribution in [0.15, 0.2) is 72.8 Å². The van der Waals surface area contributed by atoms with Crippen LogP contribution in [-0.2, 0) is 6.61 Å². The monoisotopic (exact) mass is 443 g/mol. The van der Waals surface area contributed by atoms with E-state index in [-0.39, 0.29) is 5.92 Å². The lowest BCUT2D eigenvalue weighted by molar-refractivity contribution is 0.112. The number of carbonyl (C=O) groups excluding carboxylic acids is 1. The zero-order chi connectivity index (χ0) is 23.8. The molecule has 0 saturated carbocycles. The van der Waals surface area contributed by atoms with Gasteiger partial charge in [-0.15, -0.1) is 0 Å². The third-order valence-electron chi connectivity index (χ3n) is 6.26. The fourth-order valence-corrected chi connectivity index (χ4v) is 4.47. The zero-order valence-corrected chi connectivity index (χ0v) is 20.6. The van der Waals surface area contributed by atoms with Crippen LogP contribution in [0, 0.1) is 6.92 Å². The van der Waals surface area contributed by atoms with Gasteiger partial charge in [-0.25, -0.2) is 0 Å². The average Bonchev–Trinajstić information content (AvgIpc) is 2.81. The van der Waals surface area contributed by atoms with Crippen LogP contribution < -0.4 is 4.74 Å². The Morgan fingerprint density at radius 2 is 1.55 bits per heavy atom. The molecule has 3 heteroatoms. The Bertz CT molecular complexity index is 1000. The van der Waals surface area contributed by atoms with Crippen molar-refractivity contribution in [2.45, 2.75) is 65.6 Å². The van der Waals surface area contributed by atoms with E-state index in [4.69, 9.17) is 4.74 Å². The molecule has 0 heterocycles. The van der Waals surface area contributed by atoms with Gasteiger partial charge in [0.15, 0.2) is 0 Å². The Morgan fingerprint density at radius 3 is 2.15 bits per heavy atom. The Hall–Kier alpha value is -2.91. The first kappa shape index (κ1) is 24.7. The van der Waals surface area contributed by atoms with E-state index < -0.39 is 0 Å². The maximum atomic E-state index is 11.6. The summed E-state index contributed by atoms with van der Waals surface area (Å²) < 4.78 is 6.34. The lowest BCUT2D eigenvalue weighted by atomic mass is 9.86. The summed E-state index contributed by atoms with van der Waals surface area (Å²) in [6, 6.07) is 25.7. The van der Waals surface area contributed by atoms with E-state index >= 15 is 0 Å². The molecule has 3 aromatic rings. The SMILES string of the molecule is Cc1ccc(COc2ccc(C=O)cc2C(CCN(C(C)C)C(C)C)c2ccccc2)cc1. The molecular formula is C30H37NO2. The first-order chi connectivity index (χ1) is 15.9. The zero-order valence-electron chi connectivity index (χ0n) is 20.6. The molecule has 0 aliphatic rings. The number of nitrogens with zero attached hydrogens (tertiary/aromatic N) is 1. The van der Waals surface area contributed by atoms with Crippen LogP contribution in [0.4, 0.5) is 0 Å². The molecule has 1 unspecified atom stereocenters. The fraction of sp³-hybridized carbons (Fsp3) is 0.367. The smallest absolute Gasteiger partial charge is 0.150 e. The standard InChI is InChI=1S/C30H37NO2/c1-22(2)31(23(3)4)18-17-28(27-9-7-6-8-10-27)29-19-26(20-32)15-16-30(29)33-21-25-13-11-24(5)12-14-25/h6-16,19-20,22-23,28H,17-18,21H2,1-5H3. The molecule has 0 radical (unpaired) electrons. The second-order valence-corrected chi connectivity index (χ2v) is 9.37. The highest BCUT2D eigenvalue weighted by molar-refractivity contribution is 5.76. The highest BCUT2D eigenvalue weighted by atomic mass is 16.5. The van der Waals surface area contributed by atoms with Crippen LogP contribution in [-0.4, -0.2) is 29.8 Å². The van der Waals surface area contributed by atoms with E-state index in [9.17, 15) is 4.79 Å². The maximum absolute atomic E-state index is 11.6. The van der Waals surface area contributed by atoms with Gasteiger partial charge in [0.05, 0.1) is 0 Å². The molecule has 3 rings (SSSR count). The molecule has 0 spiro atoms. The van der Waals surface area contributed by atoms with Gasteiger partial charge in [0.1, 0.15) is 18.6 Å². The number of hydrogen-bond acceptors (Lipinski definition) is 3. The third-order valence-corrected chi connectivity index (χ3v) is 6.26. The summed E-state index contributed by atoms with van der Waals surface area (Å²) >= 11 is 0. The predicted octanol–water partition coefficient (Wildman–Crippen LogP) is 7.03. The van der Waals surface area contributed by atoms with Gasteiger partial charge in [-0.2, -0.15) is 0 Å². The van der Waals surface area contributed by atoms with Gasteiger partial charge >= 0.3 is 0 Å². The summed E-state index contributed by atoms with van der Waals surface area (Å²) in [6.45, 7) is 12.6. The summed E-state index contributed by atoms with van der Waals surface area (Å²) in [6.07, 6.45) is 1.87. The fourth-order valence-electron chi connectivity index (χ4n) is 4.47. The van der Waals surface area contributed by atoms with Gasteiger partial charge in [0.25, 0.3) is 0 Å². The molecular weight excluding hydrogens is 406 g/mol. The summed E-state index contributed by atoms with van der Waals surface area (Å²) in [4.78, 5) is 14.2. The summed E-state index contributed by atoms with van der Waals surface area (Å²) in [5.74, 6) is 0.981. The molecule has 0 amide bonds. The largest absolute Gasteiger partial charge is 0.489 e. The van der Waals surface area contributed by atoms with Gasteiger partial charge in [0, 0.05) is 29.1 Å². The molecule has 174 valence electrons. The molecule has 0 bridgehead atoms. The third kappa shape index (κ3) is 6.79. The minimum Gasteiger partial charge on any atom is -0.489 e. The van der Waals surface area contributed by atoms with Crippen LogP contribution >= 0.6 is 0 Å². The van der Waals surface area contributed by atoms with Crippen molar-refractivity contribution in [2.24, 2.45) is 0 Å². The minimum atomic E-state index is 0.138. The van der Waals surface area contributed by atoms with Gasteiger partial charge in [-0.3, -0.25) is 9.69 Å². The Kier molecular flexibility index (Phi) is 8.85. The van der Waals surface area contributed by atoms with Crippen molar-refractivity contribution in [3.8, 4) is 5.75 Å². The van der Waals surface area contributed by atoms with Crippen LogP contribution in [0.3, 0.4) is 0 Å². The van der Waals surface area contributed by atoms with E-state index in [1.54, 1.807) is 0 Å². The van der Waals surface area contributed by atoms with Crippen LogP contribution in [0.1, 0.15) is 72.6 Å². The van der Waals surface area contributed by atoms with E-state index in [1.165, 1.54) is 11.1 Å². The van der Waals surface area contributed by atoms with Gasteiger partial charge < -0.3 is 4.74 Å². The summed E-state index contributed by atoms with van der Waals surface area (Å²) in [5.41, 5.74) is 5.36. The number of aryl methyl sites for hydroxylation is 1. The number of hydrogen-bond donors (Lipinski definition) is 0. The Morgan fingerprint density at radius 1 is 0.879 bits per heavy atom. The predicted molar refractivity (Wildman–Crippen MR) is 137 cm³/mol. The quantitative estimate of drug-likeness (QED) is 0.298. The normalized spacial score (nSPS) is 12.4. The molecule has 33 heavy (non-hydrogen) atoms. The van der Waals surface area contributed by atoms with Gasteiger partial charge in [0.2, 0.25) is 0 Å². The molecule has 0 N–H and O–H groups in total. The first-order valence-corrected chi connectivity index (χ1v) is 12.0. The molecule has 3 aromatic carbocycles. The van der Waals surface area contributed by atoms with Crippen molar-refractivity contribution in [3.63, 3.8) is 0 Å². The summed E-state index contributed by atoms with van der Waals surface area (Å²) in [5, 5.41) is 0. The second kappa shape index (κ2) is 11.8. The number of benzene rings is 3. The molecule has 0 aliphatic carbocycles. The lowest BCUT2D eigenvalue weighted by Gasteiger charge is -2.32. The van der Waals surface area contributed by atoms with Gasteiger partial charge in [-0.05, 0) is 76.9 Å². The van der Waals surface area contributed by atoms with Crippen molar-refractivity contribution < 1.29 is 9.53 Å². The summed E-state index contributed by atoms with van der Waals surface area (Å²) in [7, 11) is 0. The van der Waals surface area contributed by atoms with Crippen molar-refractivity contribution in [1.29, 1.82) is 0 Å². The average molecular weight is 444 g/mol.